The molecule has 43 heavy (non-hydrogen) atoms. The van der Waals surface area contributed by atoms with E-state index in [4.69, 9.17) is 28.4 Å². The number of alkyl carbamates (subject to hydrolysis) is 1. The zero-order valence-corrected chi connectivity index (χ0v) is 31.4. The first-order valence-electron chi connectivity index (χ1n) is 14.3. The maximum atomic E-state index is 13.3. The van der Waals surface area contributed by atoms with Gasteiger partial charge < -0.3 is 0 Å². The first kappa shape index (κ1) is 38.3. The molecule has 1 amide bonds. The van der Waals surface area contributed by atoms with Gasteiger partial charge in [0.25, 0.3) is 0 Å². The molecule has 0 unspecified atom stereocenters. The number of ether oxygens (including phenoxy) is 6. The van der Waals surface area contributed by atoms with Gasteiger partial charge in [0.1, 0.15) is 0 Å². The van der Waals surface area contributed by atoms with E-state index in [1.54, 1.807) is 89.2 Å². The third-order valence-corrected chi connectivity index (χ3v) is 10.9. The van der Waals surface area contributed by atoms with Gasteiger partial charge >= 0.3 is 261 Å². The monoisotopic (exact) mass is 717 g/mol. The first-order valence-corrected chi connectivity index (χ1v) is 24.2. The molecular weight excluding hydrogens is 665 g/mol. The third-order valence-electron chi connectivity index (χ3n) is 4.95. The molecule has 1 N–H and O–H groups in total. The van der Waals surface area contributed by atoms with Gasteiger partial charge in [0.05, 0.1) is 0 Å². The number of nitrogens with one attached hydrogen (secondary N) is 1. The number of carbonyl (C=O) groups excluding carboxylic acids is 4. The normalized spacial score (nSPS) is 13.4. The van der Waals surface area contributed by atoms with Gasteiger partial charge in [0.15, 0.2) is 0 Å². The Kier molecular flexibility index (Phi) is 12.4. The number of hydrogen-bond acceptors (Lipinski definition) is 10. The molecule has 0 saturated carbocycles. The van der Waals surface area contributed by atoms with Crippen molar-refractivity contribution in [1.82, 2.24) is 5.32 Å². The molecule has 0 aliphatic carbocycles. The summed E-state index contributed by atoms with van der Waals surface area (Å²) in [4.78, 5) is 57.8. The van der Waals surface area contributed by atoms with Crippen LogP contribution in [-0.2, 0) is 30.2 Å². The second kappa shape index (κ2) is 13.9. The van der Waals surface area contributed by atoms with Crippen molar-refractivity contribution in [2.24, 2.45) is 0 Å². The summed E-state index contributed by atoms with van der Waals surface area (Å²) in [6, 6.07) is 2.01. The van der Waals surface area contributed by atoms with E-state index in [0.29, 0.717) is 5.56 Å². The van der Waals surface area contributed by atoms with Crippen molar-refractivity contribution in [3.8, 4) is 11.5 Å². The summed E-state index contributed by atoms with van der Waals surface area (Å²) >= 11 is -3.09. The Morgan fingerprint density at radius 3 is 1.42 bits per heavy atom. The molecule has 1 rings (SSSR count). The Morgan fingerprint density at radius 2 is 1.05 bits per heavy atom. The van der Waals surface area contributed by atoms with E-state index in [1.165, 1.54) is 6.07 Å². The molecule has 0 fully saturated rings. The standard InChI is InChI=1S/C28H42NO10.3CH3.Sn/c1-25(2,3)36-21(30)18(29-22(31)37-26(4,5)6)15-17-13-14-19(34-23(32)38-27(7,8)9)20(16-17)35-24(33)39-28(10,11)12;;;;/h14,16,18H,15H2,1-12H3,(H,29,31);3*1H3;/t18-;;;;/m0..../s1. The molecule has 12 heteroatoms. The van der Waals surface area contributed by atoms with Crippen LogP contribution >= 0.6 is 0 Å². The Bertz CT molecular complexity index is 1180. The van der Waals surface area contributed by atoms with Crippen molar-refractivity contribution < 1.29 is 47.6 Å². The fourth-order valence-electron chi connectivity index (χ4n) is 3.59. The molecular formula is C31H51NO10Sn. The van der Waals surface area contributed by atoms with Gasteiger partial charge in [-0.25, -0.2) is 0 Å². The number of benzene rings is 1. The van der Waals surface area contributed by atoms with Gasteiger partial charge in [-0.1, -0.05) is 0 Å². The van der Waals surface area contributed by atoms with E-state index in [0.717, 1.165) is 3.58 Å². The quantitative estimate of drug-likeness (QED) is 0.142. The van der Waals surface area contributed by atoms with Crippen LogP contribution in [-0.4, -0.2) is 71.2 Å². The van der Waals surface area contributed by atoms with Crippen molar-refractivity contribution in [2.75, 3.05) is 0 Å². The van der Waals surface area contributed by atoms with E-state index in [2.05, 4.69) is 20.1 Å². The summed E-state index contributed by atoms with van der Waals surface area (Å²) in [7, 11) is 0. The van der Waals surface area contributed by atoms with Crippen LogP contribution in [0.15, 0.2) is 12.1 Å². The average molecular weight is 716 g/mol. The van der Waals surface area contributed by atoms with Crippen LogP contribution in [0.1, 0.15) is 88.6 Å². The molecule has 0 aliphatic rings. The van der Waals surface area contributed by atoms with Crippen molar-refractivity contribution in [1.29, 1.82) is 0 Å². The molecule has 0 saturated heterocycles. The summed E-state index contributed by atoms with van der Waals surface area (Å²) in [5, 5.41) is 2.64. The Hall–Kier alpha value is -2.70. The number of carbonyl (C=O) groups is 4. The van der Waals surface area contributed by atoms with E-state index in [-0.39, 0.29) is 17.9 Å². The van der Waals surface area contributed by atoms with E-state index >= 15 is 0 Å². The maximum absolute atomic E-state index is 13.3. The minimum atomic E-state index is -3.09. The first-order chi connectivity index (χ1) is 19.0. The van der Waals surface area contributed by atoms with E-state index < -0.39 is 71.2 Å². The second-order valence-electron chi connectivity index (χ2n) is 15.3. The SMILES string of the molecule is CC(C)(C)OC(=O)N[C@@H](Cc1cc(OC(=O)OC(C)(C)C)c(OC(=O)OC(C)(C)C)c[c]1[Sn]([CH3])([CH3])[CH3])C(=O)OC(C)(C)C. The van der Waals surface area contributed by atoms with Crippen molar-refractivity contribution >= 4 is 46.3 Å². The molecule has 1 aromatic carbocycles. The minimum absolute atomic E-state index is 0.0188. The number of rotatable bonds is 7. The molecule has 0 spiro atoms. The summed E-state index contributed by atoms with van der Waals surface area (Å²) in [5.41, 5.74) is -2.71. The van der Waals surface area contributed by atoms with Gasteiger partial charge in [-0.15, -0.1) is 0 Å². The number of esters is 1. The summed E-state index contributed by atoms with van der Waals surface area (Å²) < 4.78 is 33.6. The van der Waals surface area contributed by atoms with Gasteiger partial charge in [-0.05, 0) is 0 Å². The van der Waals surface area contributed by atoms with Crippen LogP contribution in [0.3, 0.4) is 0 Å². The zero-order chi connectivity index (χ0) is 33.8. The molecule has 0 aliphatic heterocycles. The van der Waals surface area contributed by atoms with E-state index in [9.17, 15) is 19.2 Å². The number of amides is 1. The Labute approximate surface area is 260 Å². The van der Waals surface area contributed by atoms with Gasteiger partial charge in [-0.2, -0.15) is 0 Å². The van der Waals surface area contributed by atoms with Crippen LogP contribution < -0.4 is 18.4 Å². The van der Waals surface area contributed by atoms with Crippen LogP contribution in [0.5, 0.6) is 11.5 Å². The van der Waals surface area contributed by atoms with Crippen LogP contribution in [0.4, 0.5) is 14.4 Å². The molecule has 0 aromatic heterocycles. The van der Waals surface area contributed by atoms with Gasteiger partial charge in [0.2, 0.25) is 0 Å². The van der Waals surface area contributed by atoms with Crippen molar-refractivity contribution in [2.45, 2.75) is 133 Å². The predicted molar refractivity (Wildman–Crippen MR) is 166 cm³/mol. The second-order valence-corrected chi connectivity index (χ2v) is 29.7. The predicted octanol–water partition coefficient (Wildman–Crippen LogP) is 6.64. The van der Waals surface area contributed by atoms with Gasteiger partial charge in [0, 0.05) is 0 Å². The Balaban J connectivity index is 3.75. The van der Waals surface area contributed by atoms with Crippen molar-refractivity contribution in [3.63, 3.8) is 0 Å². The van der Waals surface area contributed by atoms with Crippen molar-refractivity contribution in [3.05, 3.63) is 17.7 Å². The number of hydrogen-bond donors (Lipinski definition) is 1. The molecule has 1 atom stereocenters. The molecule has 0 radical (unpaired) electrons. The average Bonchev–Trinajstić information content (AvgIpc) is 2.68. The van der Waals surface area contributed by atoms with E-state index in [1.807, 2.05) is 0 Å². The van der Waals surface area contributed by atoms with Crippen LogP contribution in [0.25, 0.3) is 0 Å². The van der Waals surface area contributed by atoms with Gasteiger partial charge in [-0.3, -0.25) is 0 Å². The molecule has 11 nitrogen and oxygen atoms in total. The molecule has 1 aromatic rings. The summed E-state index contributed by atoms with van der Waals surface area (Å²) in [6.07, 6.45) is -2.81. The fourth-order valence-corrected chi connectivity index (χ4v) is 8.44. The topological polar surface area (TPSA) is 136 Å². The summed E-state index contributed by atoms with van der Waals surface area (Å²) in [6.45, 7) is 20.4. The molecule has 0 heterocycles. The third kappa shape index (κ3) is 15.5. The van der Waals surface area contributed by atoms with Crippen LogP contribution in [0.2, 0.25) is 14.8 Å². The fraction of sp³-hybridized carbons (Fsp3) is 0.677. The molecule has 244 valence electrons. The zero-order valence-electron chi connectivity index (χ0n) is 28.5. The molecule has 0 bridgehead atoms. The Morgan fingerprint density at radius 1 is 0.651 bits per heavy atom. The van der Waals surface area contributed by atoms with Crippen LogP contribution in [0, 0.1) is 0 Å². The summed E-state index contributed by atoms with van der Waals surface area (Å²) in [5.74, 6) is -0.828.